The third-order valence-corrected chi connectivity index (χ3v) is 3.40. The minimum Gasteiger partial charge on any atom is -0.741 e. The van der Waals surface area contributed by atoms with Crippen LogP contribution in [0.15, 0.2) is 0 Å². The summed E-state index contributed by atoms with van der Waals surface area (Å²) >= 11 is 0. The minimum atomic E-state index is -6.09. The van der Waals surface area contributed by atoms with Crippen molar-refractivity contribution in [3.8, 4) is 0 Å². The Hall–Kier alpha value is -0.0571. The molecule has 209 valence electrons. The number of halogens is 12. The Labute approximate surface area is 203 Å². The van der Waals surface area contributed by atoms with Crippen molar-refractivity contribution < 1.29 is 141 Å². The molecule has 0 atom stereocenters. The summed E-state index contributed by atoms with van der Waals surface area (Å²) in [4.78, 5) is 0. The van der Waals surface area contributed by atoms with E-state index in [1.807, 2.05) is 0 Å². The van der Waals surface area contributed by atoms with Gasteiger partial charge in [-0.05, 0) is 0 Å². The Bertz CT molecular complexity index is 835. The van der Waals surface area contributed by atoms with Crippen LogP contribution < -0.4 is 0 Å². The summed E-state index contributed by atoms with van der Waals surface area (Å²) in [5, 5.41) is 0. The molecule has 1 radical (unpaired) electrons. The second-order valence-electron chi connectivity index (χ2n) is 3.60. The molecule has 0 aromatic heterocycles. The van der Waals surface area contributed by atoms with Gasteiger partial charge >= 0.3 is 58.6 Å². The first-order chi connectivity index (χ1) is 13.0. The zero-order valence-electron chi connectivity index (χ0n) is 14.1. The van der Waals surface area contributed by atoms with E-state index in [1.54, 1.807) is 0 Å². The SMILES string of the molecule is O=S(=O)([O-])C(F)(F)F.O=S(=O)([O-])C(F)(F)F.O=S(=O)([O-])C(F)(F)F.O=S(=O)([O-])C(F)(F)F.[Cu+2].[Zn+2]. The van der Waals surface area contributed by atoms with Crippen molar-refractivity contribution in [3.05, 3.63) is 0 Å². The largest absolute Gasteiger partial charge is 2.00 e. The minimum absolute atomic E-state index is 0. The van der Waals surface area contributed by atoms with E-state index in [4.69, 9.17) is 51.9 Å². The van der Waals surface area contributed by atoms with Gasteiger partial charge in [0.2, 0.25) is 0 Å². The van der Waals surface area contributed by atoms with Crippen LogP contribution in [-0.2, 0) is 77.0 Å². The molecule has 0 amide bonds. The number of alkyl halides is 12. The summed E-state index contributed by atoms with van der Waals surface area (Å²) in [5.74, 6) is 0. The van der Waals surface area contributed by atoms with E-state index in [2.05, 4.69) is 0 Å². The molecule has 0 N–H and O–H groups in total. The summed E-state index contributed by atoms with van der Waals surface area (Å²) in [6, 6.07) is 0. The normalized spacial score (nSPS) is 13.2. The first kappa shape index (κ1) is 47.2. The van der Waals surface area contributed by atoms with Crippen LogP contribution in [0.4, 0.5) is 52.7 Å². The molecule has 0 aromatic rings. The average Bonchev–Trinajstić information content (AvgIpc) is 2.30. The van der Waals surface area contributed by atoms with Gasteiger partial charge < -0.3 is 18.2 Å². The van der Waals surface area contributed by atoms with Crippen LogP contribution in [0.1, 0.15) is 0 Å². The smallest absolute Gasteiger partial charge is 0.741 e. The van der Waals surface area contributed by atoms with E-state index < -0.39 is 62.5 Å². The number of hydrogen-bond acceptors (Lipinski definition) is 12. The molecule has 0 aliphatic heterocycles. The Balaban J connectivity index is -0.0000000754. The topological polar surface area (TPSA) is 229 Å². The van der Waals surface area contributed by atoms with Crippen LogP contribution in [0, 0.1) is 0 Å². The van der Waals surface area contributed by atoms with Crippen molar-refractivity contribution in [3.63, 3.8) is 0 Å². The van der Waals surface area contributed by atoms with E-state index in [1.165, 1.54) is 0 Å². The molecule has 0 heterocycles. The summed E-state index contributed by atoms with van der Waals surface area (Å²) in [6.07, 6.45) is 0. The van der Waals surface area contributed by atoms with Crippen molar-refractivity contribution in [2.24, 2.45) is 0 Å². The molecule has 0 aromatic carbocycles. The molecule has 0 unspecified atom stereocenters. The number of hydrogen-bond donors (Lipinski definition) is 0. The second-order valence-corrected chi connectivity index (χ2v) is 9.08. The second kappa shape index (κ2) is 14.6. The molecule has 0 saturated heterocycles. The van der Waals surface area contributed by atoms with E-state index in [0.717, 1.165) is 0 Å². The Kier molecular flexibility index (Phi) is 20.3. The van der Waals surface area contributed by atoms with Crippen LogP contribution in [0.3, 0.4) is 0 Å². The van der Waals surface area contributed by atoms with Crippen LogP contribution in [0.25, 0.3) is 0 Å². The summed E-state index contributed by atoms with van der Waals surface area (Å²) in [5.41, 5.74) is -22.6. The number of rotatable bonds is 0. The van der Waals surface area contributed by atoms with Crippen molar-refractivity contribution in [1.82, 2.24) is 0 Å². The van der Waals surface area contributed by atoms with Crippen LogP contribution >= 0.6 is 0 Å². The van der Waals surface area contributed by atoms with Crippen LogP contribution in [0.2, 0.25) is 0 Å². The van der Waals surface area contributed by atoms with Crippen molar-refractivity contribution >= 4 is 40.5 Å². The Morgan fingerprint density at radius 1 is 0.353 bits per heavy atom. The van der Waals surface area contributed by atoms with E-state index in [0.29, 0.717) is 0 Å². The van der Waals surface area contributed by atoms with Gasteiger partial charge in [-0.15, -0.1) is 0 Å². The third kappa shape index (κ3) is 23.7. The molecule has 0 aliphatic carbocycles. The van der Waals surface area contributed by atoms with Crippen molar-refractivity contribution in [2.45, 2.75) is 22.0 Å². The average molecular weight is 725 g/mol. The molecular formula is C4CuF12O12S4Zn. The molecule has 0 bridgehead atoms. The van der Waals surface area contributed by atoms with Gasteiger partial charge in [0.1, 0.15) is 0 Å². The molecule has 12 nitrogen and oxygen atoms in total. The third-order valence-electron chi connectivity index (χ3n) is 1.13. The molecule has 0 fully saturated rings. The molecule has 30 heteroatoms. The fraction of sp³-hybridized carbons (Fsp3) is 1.00. The maximum atomic E-state index is 10.7. The maximum Gasteiger partial charge on any atom is 2.00 e. The Morgan fingerprint density at radius 2 is 0.382 bits per heavy atom. The molecule has 0 spiro atoms. The van der Waals surface area contributed by atoms with Gasteiger partial charge in [-0.3, -0.25) is 0 Å². The molecule has 0 saturated carbocycles. The predicted molar refractivity (Wildman–Crippen MR) is 63.0 cm³/mol. The summed E-state index contributed by atoms with van der Waals surface area (Å²) in [7, 11) is -24.4. The fourth-order valence-corrected chi connectivity index (χ4v) is 0. The van der Waals surface area contributed by atoms with Crippen molar-refractivity contribution in [2.75, 3.05) is 0 Å². The predicted octanol–water partition coefficient (Wildman–Crippen LogP) is 0.201. The van der Waals surface area contributed by atoms with Crippen molar-refractivity contribution in [1.29, 1.82) is 0 Å². The maximum absolute atomic E-state index is 10.7. The zero-order valence-corrected chi connectivity index (χ0v) is 21.3. The fourth-order valence-electron chi connectivity index (χ4n) is 0. The van der Waals surface area contributed by atoms with E-state index in [9.17, 15) is 52.7 Å². The molecule has 34 heavy (non-hydrogen) atoms. The molecular weight excluding hydrogens is 725 g/mol. The van der Waals surface area contributed by atoms with Gasteiger partial charge in [0.05, 0.1) is 0 Å². The summed E-state index contributed by atoms with van der Waals surface area (Å²) < 4.78 is 236. The van der Waals surface area contributed by atoms with Crippen LogP contribution in [-0.4, -0.2) is 73.9 Å². The van der Waals surface area contributed by atoms with Gasteiger partial charge in [-0.25, -0.2) is 33.7 Å². The van der Waals surface area contributed by atoms with Gasteiger partial charge in [-0.1, -0.05) is 0 Å². The molecule has 0 rings (SSSR count). The monoisotopic (exact) mass is 723 g/mol. The Morgan fingerprint density at radius 3 is 0.382 bits per heavy atom. The quantitative estimate of drug-likeness (QED) is 0.141. The van der Waals surface area contributed by atoms with E-state index >= 15 is 0 Å². The van der Waals surface area contributed by atoms with Gasteiger partial charge in [0.15, 0.2) is 40.5 Å². The van der Waals surface area contributed by atoms with E-state index in [-0.39, 0.29) is 36.5 Å². The summed E-state index contributed by atoms with van der Waals surface area (Å²) in [6.45, 7) is 0. The molecule has 0 aliphatic rings. The van der Waals surface area contributed by atoms with Gasteiger partial charge in [-0.2, -0.15) is 52.7 Å². The van der Waals surface area contributed by atoms with Gasteiger partial charge in [0.25, 0.3) is 0 Å². The van der Waals surface area contributed by atoms with Gasteiger partial charge in [0, 0.05) is 0 Å². The first-order valence-electron chi connectivity index (χ1n) is 5.08. The first-order valence-corrected chi connectivity index (χ1v) is 10.7. The zero-order chi connectivity index (χ0) is 28.0. The standard InChI is InChI=1S/4CHF3O3S.Cu.Zn/c4*2-1(3,4)8(5,6)7;;/h4*(H,5,6,7);;/q;;;;2*+2/p-4. The van der Waals surface area contributed by atoms with Crippen LogP contribution in [0.5, 0.6) is 0 Å².